The molecule has 4 heteroatoms. The lowest BCUT2D eigenvalue weighted by molar-refractivity contribution is -0.118. The number of nitrogens with one attached hydrogen (secondary N) is 2. The van der Waals surface area contributed by atoms with E-state index in [4.69, 9.17) is 11.6 Å². The summed E-state index contributed by atoms with van der Waals surface area (Å²) in [4.78, 5) is 12.5. The van der Waals surface area contributed by atoms with Crippen molar-refractivity contribution in [2.45, 2.75) is 38.8 Å². The fraction of sp³-hybridized carbons (Fsp3) is 0.316. The first-order valence-corrected chi connectivity index (χ1v) is 8.33. The predicted molar refractivity (Wildman–Crippen MR) is 94.9 cm³/mol. The quantitative estimate of drug-likeness (QED) is 0.880. The van der Waals surface area contributed by atoms with Crippen LogP contribution in [0, 0.1) is 6.92 Å². The van der Waals surface area contributed by atoms with Crippen LogP contribution in [-0.2, 0) is 11.2 Å². The first-order chi connectivity index (χ1) is 11.0. The molecule has 0 saturated heterocycles. The Bertz CT molecular complexity index is 729. The van der Waals surface area contributed by atoms with Gasteiger partial charge in [-0.2, -0.15) is 0 Å². The summed E-state index contributed by atoms with van der Waals surface area (Å²) in [5.74, 6) is -0.0419. The lowest BCUT2D eigenvalue weighted by Gasteiger charge is -2.20. The molecular formula is C19H21ClN2O. The summed E-state index contributed by atoms with van der Waals surface area (Å²) in [6.07, 6.45) is 2.10. The second-order valence-corrected chi connectivity index (χ2v) is 6.56. The van der Waals surface area contributed by atoms with Gasteiger partial charge in [0.15, 0.2) is 0 Å². The van der Waals surface area contributed by atoms with Gasteiger partial charge in [0.05, 0.1) is 6.04 Å². The molecule has 0 bridgehead atoms. The molecule has 1 aliphatic carbocycles. The van der Waals surface area contributed by atoms with E-state index < -0.39 is 0 Å². The molecule has 0 aliphatic heterocycles. The number of hydrogen-bond donors (Lipinski definition) is 2. The van der Waals surface area contributed by atoms with Crippen molar-refractivity contribution >= 4 is 23.2 Å². The molecule has 0 unspecified atom stereocenters. The zero-order chi connectivity index (χ0) is 16.4. The molecule has 2 atom stereocenters. The summed E-state index contributed by atoms with van der Waals surface area (Å²) < 4.78 is 0. The maximum absolute atomic E-state index is 12.5. The molecule has 0 fully saturated rings. The summed E-state index contributed by atoms with van der Waals surface area (Å²) >= 11 is 6.01. The van der Waals surface area contributed by atoms with Gasteiger partial charge in [0.25, 0.3) is 0 Å². The summed E-state index contributed by atoms with van der Waals surface area (Å²) in [7, 11) is 0. The molecule has 1 aliphatic rings. The molecule has 3 nitrogen and oxygen atoms in total. The number of aryl methyl sites for hydroxylation is 2. The van der Waals surface area contributed by atoms with E-state index in [1.54, 1.807) is 6.07 Å². The van der Waals surface area contributed by atoms with Crippen molar-refractivity contribution in [2.24, 2.45) is 0 Å². The van der Waals surface area contributed by atoms with Gasteiger partial charge in [0.2, 0.25) is 5.91 Å². The van der Waals surface area contributed by atoms with Crippen molar-refractivity contribution in [3.8, 4) is 0 Å². The molecule has 1 amide bonds. The van der Waals surface area contributed by atoms with Gasteiger partial charge in [0.1, 0.15) is 0 Å². The van der Waals surface area contributed by atoms with Crippen molar-refractivity contribution in [1.29, 1.82) is 0 Å². The van der Waals surface area contributed by atoms with Crippen LogP contribution in [-0.4, -0.2) is 11.9 Å². The van der Waals surface area contributed by atoms with Gasteiger partial charge in [-0.3, -0.25) is 10.1 Å². The molecule has 2 aromatic rings. The van der Waals surface area contributed by atoms with E-state index in [-0.39, 0.29) is 18.0 Å². The average molecular weight is 329 g/mol. The second kappa shape index (κ2) is 6.73. The van der Waals surface area contributed by atoms with Crippen molar-refractivity contribution in [3.05, 3.63) is 64.2 Å². The van der Waals surface area contributed by atoms with E-state index in [0.717, 1.165) is 24.1 Å². The van der Waals surface area contributed by atoms with Gasteiger partial charge >= 0.3 is 0 Å². The van der Waals surface area contributed by atoms with Crippen LogP contribution in [0.3, 0.4) is 0 Å². The largest absolute Gasteiger partial charge is 0.324 e. The maximum Gasteiger partial charge on any atom is 0.241 e. The molecule has 23 heavy (non-hydrogen) atoms. The Morgan fingerprint density at radius 3 is 2.87 bits per heavy atom. The minimum absolute atomic E-state index is 0.0419. The van der Waals surface area contributed by atoms with E-state index in [1.807, 2.05) is 26.0 Å². The highest BCUT2D eigenvalue weighted by Gasteiger charge is 2.25. The molecule has 0 saturated carbocycles. The van der Waals surface area contributed by atoms with Crippen LogP contribution in [0.5, 0.6) is 0 Å². The minimum Gasteiger partial charge on any atom is -0.324 e. The Labute approximate surface area is 142 Å². The molecule has 3 rings (SSSR count). The number of amides is 1. The van der Waals surface area contributed by atoms with Crippen molar-refractivity contribution < 1.29 is 4.79 Å². The third kappa shape index (κ3) is 3.57. The van der Waals surface area contributed by atoms with E-state index in [2.05, 4.69) is 34.9 Å². The van der Waals surface area contributed by atoms with E-state index in [1.165, 1.54) is 11.1 Å². The summed E-state index contributed by atoms with van der Waals surface area (Å²) in [6.45, 7) is 3.85. The first-order valence-electron chi connectivity index (χ1n) is 7.95. The Kier molecular flexibility index (Phi) is 4.69. The zero-order valence-corrected chi connectivity index (χ0v) is 14.2. The van der Waals surface area contributed by atoms with Crippen molar-refractivity contribution in [3.63, 3.8) is 0 Å². The number of rotatable bonds is 4. The molecule has 2 N–H and O–H groups in total. The maximum atomic E-state index is 12.5. The smallest absolute Gasteiger partial charge is 0.241 e. The van der Waals surface area contributed by atoms with Crippen molar-refractivity contribution in [2.75, 3.05) is 5.32 Å². The number of anilines is 1. The number of fused-ring (bicyclic) bond motifs is 1. The molecule has 0 aromatic heterocycles. The Morgan fingerprint density at radius 2 is 2.04 bits per heavy atom. The third-order valence-corrected chi connectivity index (χ3v) is 4.67. The number of hydrogen-bond acceptors (Lipinski definition) is 2. The average Bonchev–Trinajstić information content (AvgIpc) is 2.94. The Balaban J connectivity index is 1.66. The van der Waals surface area contributed by atoms with Crippen LogP contribution in [0.1, 0.15) is 36.1 Å². The standard InChI is InChI=1S/C19H21ClN2O/c1-12-7-9-15(20)11-18(12)22-19(23)13(2)21-17-10-8-14-5-3-4-6-16(14)17/h3-7,9,11,13,17,21H,8,10H2,1-2H3,(H,22,23)/t13-,17+/m1/s1. The molecular weight excluding hydrogens is 308 g/mol. The summed E-state index contributed by atoms with van der Waals surface area (Å²) in [5, 5.41) is 7.03. The number of carbonyl (C=O) groups excluding carboxylic acids is 1. The SMILES string of the molecule is Cc1ccc(Cl)cc1NC(=O)[C@@H](C)N[C@H]1CCc2ccccc21. The van der Waals surface area contributed by atoms with Gasteiger partial charge in [-0.1, -0.05) is 41.9 Å². The van der Waals surface area contributed by atoms with Crippen LogP contribution in [0.4, 0.5) is 5.69 Å². The molecule has 0 radical (unpaired) electrons. The topological polar surface area (TPSA) is 41.1 Å². The van der Waals surface area contributed by atoms with Gasteiger partial charge in [-0.05, 0) is 55.5 Å². The van der Waals surface area contributed by atoms with Gasteiger partial charge in [-0.15, -0.1) is 0 Å². The normalized spacial score (nSPS) is 17.6. The van der Waals surface area contributed by atoms with Crippen LogP contribution in [0.15, 0.2) is 42.5 Å². The van der Waals surface area contributed by atoms with Crippen LogP contribution < -0.4 is 10.6 Å². The fourth-order valence-electron chi connectivity index (χ4n) is 3.08. The Morgan fingerprint density at radius 1 is 1.26 bits per heavy atom. The monoisotopic (exact) mass is 328 g/mol. The number of benzene rings is 2. The van der Waals surface area contributed by atoms with Gasteiger partial charge in [0, 0.05) is 16.8 Å². The first kappa shape index (κ1) is 16.0. The highest BCUT2D eigenvalue weighted by molar-refractivity contribution is 6.31. The molecule has 0 heterocycles. The van der Waals surface area contributed by atoms with Gasteiger partial charge in [-0.25, -0.2) is 0 Å². The summed E-state index contributed by atoms with van der Waals surface area (Å²) in [5.41, 5.74) is 4.46. The highest BCUT2D eigenvalue weighted by atomic mass is 35.5. The third-order valence-electron chi connectivity index (χ3n) is 4.43. The molecule has 2 aromatic carbocycles. The number of halogens is 1. The lowest BCUT2D eigenvalue weighted by atomic mass is 10.1. The van der Waals surface area contributed by atoms with Gasteiger partial charge < -0.3 is 5.32 Å². The van der Waals surface area contributed by atoms with E-state index >= 15 is 0 Å². The van der Waals surface area contributed by atoms with Crippen LogP contribution >= 0.6 is 11.6 Å². The highest BCUT2D eigenvalue weighted by Crippen LogP contribution is 2.31. The van der Waals surface area contributed by atoms with Crippen LogP contribution in [0.2, 0.25) is 5.02 Å². The second-order valence-electron chi connectivity index (χ2n) is 6.13. The minimum atomic E-state index is -0.274. The number of carbonyl (C=O) groups is 1. The molecule has 120 valence electrons. The van der Waals surface area contributed by atoms with E-state index in [9.17, 15) is 4.79 Å². The Hall–Kier alpha value is -1.84. The predicted octanol–water partition coefficient (Wildman–Crippen LogP) is 4.25. The summed E-state index contributed by atoms with van der Waals surface area (Å²) in [6, 6.07) is 13.9. The van der Waals surface area contributed by atoms with Crippen LogP contribution in [0.25, 0.3) is 0 Å². The fourth-order valence-corrected chi connectivity index (χ4v) is 3.25. The van der Waals surface area contributed by atoms with E-state index in [0.29, 0.717) is 5.02 Å². The zero-order valence-electron chi connectivity index (χ0n) is 13.4. The lowest BCUT2D eigenvalue weighted by Crippen LogP contribution is -2.39. The molecule has 0 spiro atoms. The van der Waals surface area contributed by atoms with Crippen molar-refractivity contribution in [1.82, 2.24) is 5.32 Å².